The van der Waals surface area contributed by atoms with Crippen molar-refractivity contribution in [1.29, 1.82) is 0 Å². The summed E-state index contributed by atoms with van der Waals surface area (Å²) >= 11 is 0. The van der Waals surface area contributed by atoms with Crippen molar-refractivity contribution in [3.05, 3.63) is 0 Å². The molecule has 0 unspecified atom stereocenters. The molecule has 0 heterocycles. The fourth-order valence-electron chi connectivity index (χ4n) is 0. The second kappa shape index (κ2) is 20.6. The van der Waals surface area contributed by atoms with Crippen LogP contribution in [0.5, 0.6) is 0 Å². The molecule has 0 aromatic carbocycles. The van der Waals surface area contributed by atoms with Gasteiger partial charge in [-0.25, -0.2) is 0 Å². The van der Waals surface area contributed by atoms with E-state index in [-0.39, 0.29) is 65.2 Å². The zero-order valence-corrected chi connectivity index (χ0v) is 3.67. The summed E-state index contributed by atoms with van der Waals surface area (Å²) in [6, 6.07) is 0. The minimum atomic E-state index is 0. The fourth-order valence-corrected chi connectivity index (χ4v) is 0. The van der Waals surface area contributed by atoms with Crippen molar-refractivity contribution in [2.24, 2.45) is 0 Å². The summed E-state index contributed by atoms with van der Waals surface area (Å²) in [6.07, 6.45) is 0. The SMILES string of the molecule is [AlH3].[AlH3].[SiH4].[Zn]. The largest absolute Gasteiger partial charge is 0.187 e. The van der Waals surface area contributed by atoms with E-state index in [2.05, 4.69) is 0 Å². The molecule has 0 aliphatic carbocycles. The van der Waals surface area contributed by atoms with Gasteiger partial charge in [0, 0.05) is 19.5 Å². The Kier molecular flexibility index (Phi) is 202. The van der Waals surface area contributed by atoms with Gasteiger partial charge in [0.05, 0.1) is 0 Å². The van der Waals surface area contributed by atoms with E-state index >= 15 is 0 Å². The summed E-state index contributed by atoms with van der Waals surface area (Å²) in [5.41, 5.74) is 0. The van der Waals surface area contributed by atoms with Gasteiger partial charge < -0.3 is 0 Å². The molecule has 0 nitrogen and oxygen atoms in total. The van der Waals surface area contributed by atoms with E-state index in [0.29, 0.717) is 0 Å². The topological polar surface area (TPSA) is 0 Å². The molecule has 0 aliphatic heterocycles. The third-order valence-corrected chi connectivity index (χ3v) is 0. The molecule has 0 fully saturated rings. The van der Waals surface area contributed by atoms with Crippen molar-refractivity contribution >= 4 is 45.7 Å². The molecule has 0 N–H and O–H groups in total. The Labute approximate surface area is 64.8 Å². The van der Waals surface area contributed by atoms with Crippen LogP contribution < -0.4 is 0 Å². The van der Waals surface area contributed by atoms with Gasteiger partial charge in [0.2, 0.25) is 0 Å². The van der Waals surface area contributed by atoms with E-state index in [0.717, 1.165) is 0 Å². The summed E-state index contributed by atoms with van der Waals surface area (Å²) in [5, 5.41) is 0. The van der Waals surface area contributed by atoms with Crippen LogP contribution in [0.25, 0.3) is 0 Å². The Bertz CT molecular complexity index is 6.00. The predicted octanol–water partition coefficient (Wildman–Crippen LogP) is -3.82. The van der Waals surface area contributed by atoms with Gasteiger partial charge in [0.15, 0.2) is 34.7 Å². The van der Waals surface area contributed by atoms with Gasteiger partial charge in [-0.05, 0) is 11.0 Å². The molecular formula is H10Al2SiZn. The number of hydrogen-bond donors (Lipinski definition) is 0. The zero-order chi connectivity index (χ0) is 0. The van der Waals surface area contributed by atoms with E-state index in [1.165, 1.54) is 0 Å². The predicted molar refractivity (Wildman–Crippen MR) is 31.2 cm³/mol. The van der Waals surface area contributed by atoms with E-state index < -0.39 is 0 Å². The van der Waals surface area contributed by atoms with E-state index in [1.54, 1.807) is 0 Å². The molecule has 0 saturated carbocycles. The van der Waals surface area contributed by atoms with E-state index in [9.17, 15) is 0 Å². The minimum absolute atomic E-state index is 0. The molecule has 0 aromatic rings. The Hall–Kier alpha value is 1.91. The van der Waals surface area contributed by atoms with E-state index in [1.807, 2.05) is 0 Å². The average Bonchev–Trinajstić information content (AvgIpc) is 0. The fraction of sp³-hybridized carbons (Fsp3) is 0. The first-order valence-corrected chi connectivity index (χ1v) is 0. The molecule has 0 bridgehead atoms. The summed E-state index contributed by atoms with van der Waals surface area (Å²) in [6.45, 7) is 0. The van der Waals surface area contributed by atoms with Crippen LogP contribution >= 0.6 is 0 Å². The smallest absolute Gasteiger partial charge is 0.0149 e. The first-order chi connectivity index (χ1) is 0. The molecule has 0 aliphatic rings. The second-order valence-corrected chi connectivity index (χ2v) is 0. The number of hydrogen-bond acceptors (Lipinski definition) is 0. The summed E-state index contributed by atoms with van der Waals surface area (Å²) in [5.74, 6) is 0. The van der Waals surface area contributed by atoms with Crippen LogP contribution in [0.3, 0.4) is 0 Å². The quantitative estimate of drug-likeness (QED) is 0.316. The summed E-state index contributed by atoms with van der Waals surface area (Å²) in [7, 11) is 0. The average molecular weight is 158 g/mol. The molecular weight excluding hydrogens is 147 g/mol. The van der Waals surface area contributed by atoms with Crippen LogP contribution in [-0.4, -0.2) is 45.7 Å². The van der Waals surface area contributed by atoms with Crippen LogP contribution in [0.2, 0.25) is 0 Å². The maximum atomic E-state index is 0. The van der Waals surface area contributed by atoms with Gasteiger partial charge in [-0.1, -0.05) is 0 Å². The molecule has 0 rings (SSSR count). The van der Waals surface area contributed by atoms with Gasteiger partial charge in [-0.15, -0.1) is 0 Å². The van der Waals surface area contributed by atoms with Gasteiger partial charge in [0.25, 0.3) is 0 Å². The van der Waals surface area contributed by atoms with Crippen molar-refractivity contribution in [2.75, 3.05) is 0 Å². The molecule has 0 saturated heterocycles. The second-order valence-electron chi connectivity index (χ2n) is 0. The molecule has 4 heteroatoms. The Morgan fingerprint density at radius 2 is 0.750 bits per heavy atom. The summed E-state index contributed by atoms with van der Waals surface area (Å²) in [4.78, 5) is 0. The zero-order valence-electron chi connectivity index (χ0n) is 0.707. The van der Waals surface area contributed by atoms with Crippen LogP contribution in [-0.2, 0) is 19.5 Å². The van der Waals surface area contributed by atoms with E-state index in [4.69, 9.17) is 0 Å². The molecule has 0 radical (unpaired) electrons. The van der Waals surface area contributed by atoms with Gasteiger partial charge >= 0.3 is 0 Å². The molecule has 0 spiro atoms. The van der Waals surface area contributed by atoms with Crippen LogP contribution in [0.4, 0.5) is 0 Å². The van der Waals surface area contributed by atoms with Crippen molar-refractivity contribution in [1.82, 2.24) is 0 Å². The third kappa shape index (κ3) is 9.08. The van der Waals surface area contributed by atoms with Crippen molar-refractivity contribution < 1.29 is 19.5 Å². The molecule has 0 aromatic heterocycles. The van der Waals surface area contributed by atoms with Crippen LogP contribution in [0.15, 0.2) is 0 Å². The molecule has 0 amide bonds. The Morgan fingerprint density at radius 1 is 0.750 bits per heavy atom. The Morgan fingerprint density at radius 3 is 0.750 bits per heavy atom. The van der Waals surface area contributed by atoms with Gasteiger partial charge in [-0.2, -0.15) is 0 Å². The van der Waals surface area contributed by atoms with Crippen molar-refractivity contribution in [2.45, 2.75) is 0 Å². The monoisotopic (exact) mass is 156 g/mol. The third-order valence-electron chi connectivity index (χ3n) is 0. The van der Waals surface area contributed by atoms with Gasteiger partial charge in [0.1, 0.15) is 0 Å². The van der Waals surface area contributed by atoms with Gasteiger partial charge in [-0.3, -0.25) is 0 Å². The molecule has 22 valence electrons. The maximum absolute atomic E-state index is 0. The van der Waals surface area contributed by atoms with Crippen LogP contribution in [0.1, 0.15) is 0 Å². The standard InChI is InChI=1S/2Al.H4Si.Zn.6H/h;;1H4;;;;;;;. The maximum Gasteiger partial charge on any atom is 0.187 e. The molecule has 0 atom stereocenters. The first-order valence-electron chi connectivity index (χ1n) is 0. The van der Waals surface area contributed by atoms with Crippen molar-refractivity contribution in [3.63, 3.8) is 0 Å². The minimum Gasteiger partial charge on any atom is -0.0149 e. The molecule has 4 heavy (non-hydrogen) atoms. The number of rotatable bonds is 0. The summed E-state index contributed by atoms with van der Waals surface area (Å²) < 4.78 is 0. The normalized spacial score (nSPS) is 0. The Balaban J connectivity index is 0. The van der Waals surface area contributed by atoms with Crippen LogP contribution in [0, 0.1) is 0 Å². The van der Waals surface area contributed by atoms with Crippen molar-refractivity contribution in [3.8, 4) is 0 Å². The first kappa shape index (κ1) is 39.1.